The van der Waals surface area contributed by atoms with Crippen molar-refractivity contribution in [1.29, 1.82) is 0 Å². The number of hydrogen-bond donors (Lipinski definition) is 0. The highest BCUT2D eigenvalue weighted by Gasteiger charge is 2.31. The molecule has 80 valence electrons. The van der Waals surface area contributed by atoms with Gasteiger partial charge in [-0.1, -0.05) is 32.3 Å². The van der Waals surface area contributed by atoms with E-state index in [0.717, 1.165) is 6.42 Å². The van der Waals surface area contributed by atoms with Crippen LogP contribution in [0.1, 0.15) is 45.4 Å². The van der Waals surface area contributed by atoms with Crippen molar-refractivity contribution < 1.29 is 9.53 Å². The number of carbonyl (C=O) groups excluding carboxylic acids is 1. The van der Waals surface area contributed by atoms with Crippen molar-refractivity contribution >= 4 is 5.78 Å². The van der Waals surface area contributed by atoms with Gasteiger partial charge in [0.1, 0.15) is 6.10 Å². The molecule has 1 aliphatic rings. The topological polar surface area (TPSA) is 26.3 Å². The lowest BCUT2D eigenvalue weighted by molar-refractivity contribution is -0.122. The second-order valence-electron chi connectivity index (χ2n) is 3.94. The fourth-order valence-electron chi connectivity index (χ4n) is 1.84. The molecule has 1 heterocycles. The first-order valence-corrected chi connectivity index (χ1v) is 5.57. The number of unbranched alkanes of at least 4 members (excludes halogenated alkanes) is 2. The minimum absolute atomic E-state index is 0.180. The van der Waals surface area contributed by atoms with Gasteiger partial charge in [-0.15, -0.1) is 6.58 Å². The first-order chi connectivity index (χ1) is 6.77. The van der Waals surface area contributed by atoms with Gasteiger partial charge >= 0.3 is 0 Å². The first kappa shape index (κ1) is 11.4. The molecule has 0 aromatic heterocycles. The molecule has 2 atom stereocenters. The predicted molar refractivity (Wildman–Crippen MR) is 57.2 cm³/mol. The lowest BCUT2D eigenvalue weighted by atomic mass is 10.1. The summed E-state index contributed by atoms with van der Waals surface area (Å²) in [6, 6.07) is 0. The van der Waals surface area contributed by atoms with Gasteiger partial charge in [0.25, 0.3) is 0 Å². The molecule has 1 rings (SSSR count). The molecule has 0 radical (unpaired) electrons. The van der Waals surface area contributed by atoms with Gasteiger partial charge in [0.15, 0.2) is 5.78 Å². The summed E-state index contributed by atoms with van der Waals surface area (Å²) in [7, 11) is 0. The fourth-order valence-corrected chi connectivity index (χ4v) is 1.84. The number of rotatable bonds is 6. The van der Waals surface area contributed by atoms with Crippen molar-refractivity contribution in [2.75, 3.05) is 0 Å². The average Bonchev–Trinajstić information content (AvgIpc) is 2.49. The van der Waals surface area contributed by atoms with E-state index >= 15 is 0 Å². The quantitative estimate of drug-likeness (QED) is 0.482. The molecule has 0 N–H and O–H groups in total. The van der Waals surface area contributed by atoms with Gasteiger partial charge in [-0.2, -0.15) is 0 Å². The van der Waals surface area contributed by atoms with E-state index in [4.69, 9.17) is 4.74 Å². The van der Waals surface area contributed by atoms with E-state index < -0.39 is 0 Å². The smallest absolute Gasteiger partial charge is 0.164 e. The maximum Gasteiger partial charge on any atom is 0.164 e. The summed E-state index contributed by atoms with van der Waals surface area (Å²) in [5.41, 5.74) is 0. The third-order valence-electron chi connectivity index (χ3n) is 2.66. The summed E-state index contributed by atoms with van der Waals surface area (Å²) in [4.78, 5) is 11.4. The van der Waals surface area contributed by atoms with E-state index in [2.05, 4.69) is 13.5 Å². The minimum Gasteiger partial charge on any atom is -0.366 e. The van der Waals surface area contributed by atoms with Crippen molar-refractivity contribution in [3.8, 4) is 0 Å². The number of carbonyl (C=O) groups is 1. The molecule has 2 heteroatoms. The molecule has 0 aromatic carbocycles. The van der Waals surface area contributed by atoms with Crippen LogP contribution >= 0.6 is 0 Å². The second kappa shape index (κ2) is 5.97. The monoisotopic (exact) mass is 196 g/mol. The van der Waals surface area contributed by atoms with E-state index in [1.807, 2.05) is 0 Å². The Morgan fingerprint density at radius 3 is 3.00 bits per heavy atom. The zero-order valence-corrected chi connectivity index (χ0v) is 9.00. The van der Waals surface area contributed by atoms with Gasteiger partial charge in [-0.05, 0) is 12.8 Å². The maximum absolute atomic E-state index is 11.4. The van der Waals surface area contributed by atoms with E-state index in [0.29, 0.717) is 12.8 Å². The number of ether oxygens (including phenoxy) is 1. The van der Waals surface area contributed by atoms with E-state index in [1.54, 1.807) is 6.08 Å². The molecule has 1 aliphatic heterocycles. The Morgan fingerprint density at radius 2 is 2.36 bits per heavy atom. The molecule has 0 spiro atoms. The highest BCUT2D eigenvalue weighted by atomic mass is 16.5. The van der Waals surface area contributed by atoms with Gasteiger partial charge in [-0.25, -0.2) is 0 Å². The summed E-state index contributed by atoms with van der Waals surface area (Å²) >= 11 is 0. The number of ketones is 1. The van der Waals surface area contributed by atoms with Gasteiger partial charge < -0.3 is 4.74 Å². The number of hydrogen-bond acceptors (Lipinski definition) is 2. The van der Waals surface area contributed by atoms with Crippen LogP contribution in [0.4, 0.5) is 0 Å². The molecule has 1 fully saturated rings. The first-order valence-electron chi connectivity index (χ1n) is 5.57. The van der Waals surface area contributed by atoms with Crippen LogP contribution in [0.2, 0.25) is 0 Å². The SMILES string of the molecule is C=CCC1OC(CCCCC)CC1=O. The van der Waals surface area contributed by atoms with Crippen LogP contribution in [0.25, 0.3) is 0 Å². The molecule has 0 bridgehead atoms. The van der Waals surface area contributed by atoms with E-state index in [-0.39, 0.29) is 18.0 Å². The Kier molecular flexibility index (Phi) is 4.88. The van der Waals surface area contributed by atoms with Crippen molar-refractivity contribution in [3.05, 3.63) is 12.7 Å². The van der Waals surface area contributed by atoms with Crippen LogP contribution in [0, 0.1) is 0 Å². The molecule has 0 amide bonds. The van der Waals surface area contributed by atoms with E-state index in [1.165, 1.54) is 19.3 Å². The van der Waals surface area contributed by atoms with Gasteiger partial charge in [0.2, 0.25) is 0 Å². The number of Topliss-reactive ketones (excluding diaryl/α,β-unsaturated/α-hetero) is 1. The summed E-state index contributed by atoms with van der Waals surface area (Å²) < 4.78 is 5.64. The van der Waals surface area contributed by atoms with Crippen LogP contribution in [0.5, 0.6) is 0 Å². The van der Waals surface area contributed by atoms with Gasteiger partial charge in [0, 0.05) is 6.42 Å². The zero-order chi connectivity index (χ0) is 10.4. The van der Waals surface area contributed by atoms with Crippen LogP contribution in [0.15, 0.2) is 12.7 Å². The Labute approximate surface area is 86.3 Å². The average molecular weight is 196 g/mol. The van der Waals surface area contributed by atoms with Crippen molar-refractivity contribution in [2.45, 2.75) is 57.7 Å². The molecule has 0 saturated carbocycles. The molecular formula is C12H20O2. The molecule has 0 aromatic rings. The zero-order valence-electron chi connectivity index (χ0n) is 9.00. The lowest BCUT2D eigenvalue weighted by Crippen LogP contribution is -2.14. The summed E-state index contributed by atoms with van der Waals surface area (Å²) in [5.74, 6) is 0.256. The summed E-state index contributed by atoms with van der Waals surface area (Å²) in [5, 5.41) is 0. The fraction of sp³-hybridized carbons (Fsp3) is 0.750. The van der Waals surface area contributed by atoms with Gasteiger partial charge in [0.05, 0.1) is 6.10 Å². The molecular weight excluding hydrogens is 176 g/mol. The van der Waals surface area contributed by atoms with Crippen molar-refractivity contribution in [2.24, 2.45) is 0 Å². The molecule has 1 saturated heterocycles. The normalized spacial score (nSPS) is 26.8. The molecule has 2 unspecified atom stereocenters. The third-order valence-corrected chi connectivity index (χ3v) is 2.66. The van der Waals surface area contributed by atoms with Crippen molar-refractivity contribution in [3.63, 3.8) is 0 Å². The largest absolute Gasteiger partial charge is 0.366 e. The highest BCUT2D eigenvalue weighted by molar-refractivity contribution is 5.85. The van der Waals surface area contributed by atoms with Crippen molar-refractivity contribution in [1.82, 2.24) is 0 Å². The lowest BCUT2D eigenvalue weighted by Gasteiger charge is -2.10. The molecule has 2 nitrogen and oxygen atoms in total. The van der Waals surface area contributed by atoms with Gasteiger partial charge in [-0.3, -0.25) is 4.79 Å². The Morgan fingerprint density at radius 1 is 1.57 bits per heavy atom. The second-order valence-corrected chi connectivity index (χ2v) is 3.94. The Bertz CT molecular complexity index is 198. The van der Waals surface area contributed by atoms with Crippen LogP contribution < -0.4 is 0 Å². The predicted octanol–water partition coefficient (Wildman–Crippen LogP) is 2.87. The summed E-state index contributed by atoms with van der Waals surface area (Å²) in [6.07, 6.45) is 7.69. The van der Waals surface area contributed by atoms with Crippen LogP contribution in [-0.2, 0) is 9.53 Å². The third kappa shape index (κ3) is 3.26. The van der Waals surface area contributed by atoms with E-state index in [9.17, 15) is 4.79 Å². The molecule has 0 aliphatic carbocycles. The Hall–Kier alpha value is -0.630. The van der Waals surface area contributed by atoms with Crippen LogP contribution in [0.3, 0.4) is 0 Å². The highest BCUT2D eigenvalue weighted by Crippen LogP contribution is 2.23. The molecule has 14 heavy (non-hydrogen) atoms. The van der Waals surface area contributed by atoms with Crippen LogP contribution in [-0.4, -0.2) is 18.0 Å². The summed E-state index contributed by atoms with van der Waals surface area (Å²) in [6.45, 7) is 5.81. The minimum atomic E-state index is -0.195. The maximum atomic E-state index is 11.4. The standard InChI is InChI=1S/C12H20O2/c1-3-5-6-8-10-9-11(13)12(14-10)7-4-2/h4,10,12H,2-3,5-9H2,1H3. The Balaban J connectivity index is 2.24.